The summed E-state index contributed by atoms with van der Waals surface area (Å²) >= 11 is 15.4. The molecule has 0 saturated carbocycles. The van der Waals surface area contributed by atoms with E-state index in [1.54, 1.807) is 0 Å². The van der Waals surface area contributed by atoms with Crippen molar-refractivity contribution < 1.29 is 8.54 Å². The molecule has 0 bridgehead atoms. The monoisotopic (exact) mass is 1010 g/mol. The Balaban J connectivity index is 0. The summed E-state index contributed by atoms with van der Waals surface area (Å²) in [4.78, 5) is 0. The summed E-state index contributed by atoms with van der Waals surface area (Å²) in [5.74, 6) is 0. The second-order valence-electron chi connectivity index (χ2n) is 0.678. The summed E-state index contributed by atoms with van der Waals surface area (Å²) in [6.45, 7) is 0. The molecule has 0 heterocycles. The first-order valence-electron chi connectivity index (χ1n) is 0.717. The van der Waals surface area contributed by atoms with E-state index >= 15 is 0 Å². The summed E-state index contributed by atoms with van der Waals surface area (Å²) in [5.41, 5.74) is 0. The van der Waals surface area contributed by atoms with E-state index in [9.17, 15) is 0 Å². The minimum atomic E-state index is -2.30. The average Bonchev–Trinajstić information content (AvgIpc) is 0.592. The molecule has 0 aromatic heterocycles. The van der Waals surface area contributed by atoms with Gasteiger partial charge in [0.2, 0.25) is 0 Å². The first-order chi connectivity index (χ1) is 2.45. The van der Waals surface area contributed by atoms with Crippen molar-refractivity contribution in [1.82, 2.24) is 0 Å². The van der Waals surface area contributed by atoms with Gasteiger partial charge in [-0.2, -0.15) is 0 Å². The Labute approximate surface area is 120 Å². The Morgan fingerprint density at radius 3 is 0.625 bits per heavy atom. The van der Waals surface area contributed by atoms with Crippen LogP contribution in [0.3, 0.4) is 0 Å². The van der Waals surface area contributed by atoms with Gasteiger partial charge >= 0.3 is 125 Å². The van der Waals surface area contributed by atoms with Crippen LogP contribution in [0.4, 0.5) is 0 Å². The third kappa shape index (κ3) is 41.6. The van der Waals surface area contributed by atoms with E-state index in [4.69, 9.17) is 0 Å². The fourth-order valence-electron chi connectivity index (χ4n) is 0. The summed E-state index contributed by atoms with van der Waals surface area (Å²) in [6, 6.07) is 0. The molecular formula is I6MnPt. The van der Waals surface area contributed by atoms with Crippen LogP contribution < -0.4 is 0 Å². The molecule has 1 radical (unpaired) electrons. The van der Waals surface area contributed by atoms with Gasteiger partial charge in [-0.25, -0.2) is 0 Å². The average molecular weight is 1010 g/mol. The molecule has 0 aromatic carbocycles. The van der Waals surface area contributed by atoms with Gasteiger partial charge in [-0.05, 0) is 0 Å². The number of halogens is 6. The Hall–Kier alpha value is 5.59. The number of rotatable bonds is 0. The predicted molar refractivity (Wildman–Crippen MR) is 84.1 cm³/mol. The van der Waals surface area contributed by atoms with Gasteiger partial charge in [0.05, 0.1) is 0 Å². The molecule has 0 amide bonds. The molecule has 0 aliphatic rings. The van der Waals surface area contributed by atoms with Crippen molar-refractivity contribution in [3.05, 3.63) is 0 Å². The molecule has 0 aromatic rings. The molecule has 0 rings (SSSR count). The summed E-state index contributed by atoms with van der Waals surface area (Å²) in [6.07, 6.45) is 0. The third-order valence-corrected chi connectivity index (χ3v) is 0. The van der Waals surface area contributed by atoms with Gasteiger partial charge in [0, 0.05) is 0 Å². The van der Waals surface area contributed by atoms with Crippen LogP contribution in [-0.2, 0) is 8.54 Å². The SMILES string of the molecule is [I][Pt-2]([I])([I])([I])([I])[I].[Mn+2]. The van der Waals surface area contributed by atoms with Gasteiger partial charge in [-0.15, -0.1) is 0 Å². The van der Waals surface area contributed by atoms with Crippen molar-refractivity contribution in [3.8, 4) is 0 Å². The molecule has 8 heteroatoms. The molecule has 0 spiro atoms. The van der Waals surface area contributed by atoms with Crippen molar-refractivity contribution in [3.63, 3.8) is 0 Å². The molecule has 0 aliphatic carbocycles. The van der Waals surface area contributed by atoms with Gasteiger partial charge in [-0.3, -0.25) is 0 Å². The third-order valence-electron chi connectivity index (χ3n) is 0. The largest absolute Gasteiger partial charge is 2.00 e. The summed E-state index contributed by atoms with van der Waals surface area (Å²) < 4.78 is -2.30. The van der Waals surface area contributed by atoms with E-state index in [1.165, 1.54) is 0 Å². The maximum Gasteiger partial charge on any atom is 2.00 e. The topological polar surface area (TPSA) is 0 Å². The molecule has 0 N–H and O–H groups in total. The van der Waals surface area contributed by atoms with Crippen LogP contribution in [0.25, 0.3) is 0 Å². The van der Waals surface area contributed by atoms with Gasteiger partial charge in [0.25, 0.3) is 0 Å². The quantitative estimate of drug-likeness (QED) is 0.229. The Bertz CT molecular complexity index is 67.1. The van der Waals surface area contributed by atoms with E-state index in [0.29, 0.717) is 0 Å². The van der Waals surface area contributed by atoms with Crippen molar-refractivity contribution in [1.29, 1.82) is 0 Å². The first kappa shape index (κ1) is 16.0. The van der Waals surface area contributed by atoms with Crippen molar-refractivity contribution in [2.75, 3.05) is 0 Å². The second kappa shape index (κ2) is 3.99. The molecular weight excluding hydrogens is 1010 g/mol. The fraction of sp³-hybridized carbons (Fsp3) is 0. The van der Waals surface area contributed by atoms with E-state index in [0.717, 1.165) is 0 Å². The molecule has 0 unspecified atom stereocenters. The van der Waals surface area contributed by atoms with Crippen LogP contribution in [0.1, 0.15) is 0 Å². The molecule has 0 fully saturated rings. The molecule has 8 heavy (non-hydrogen) atoms. The summed E-state index contributed by atoms with van der Waals surface area (Å²) in [7, 11) is 0. The van der Waals surface area contributed by atoms with Crippen LogP contribution in [0.5, 0.6) is 0 Å². The molecule has 0 nitrogen and oxygen atoms in total. The van der Waals surface area contributed by atoms with Gasteiger partial charge in [0.15, 0.2) is 0 Å². The van der Waals surface area contributed by atoms with Gasteiger partial charge < -0.3 is 0 Å². The van der Waals surface area contributed by atoms with E-state index < -0.39 is -8.53 Å². The smallest absolute Gasteiger partial charge is 2.00 e. The van der Waals surface area contributed by atoms with Crippen molar-refractivity contribution in [2.45, 2.75) is 0 Å². The van der Waals surface area contributed by atoms with Crippen molar-refractivity contribution in [2.24, 2.45) is 0 Å². The Kier molecular flexibility index (Phi) is 7.99. The zero-order valence-corrected chi connectivity index (χ0v) is 19.4. The van der Waals surface area contributed by atoms with Gasteiger partial charge in [-0.1, -0.05) is 0 Å². The summed E-state index contributed by atoms with van der Waals surface area (Å²) in [5, 5.41) is 0. The predicted octanol–water partition coefficient (Wildman–Crippen LogP) is 5.31. The van der Waals surface area contributed by atoms with E-state index in [2.05, 4.69) is 116 Å². The Morgan fingerprint density at radius 2 is 0.625 bits per heavy atom. The van der Waals surface area contributed by atoms with Crippen LogP contribution in [0.2, 0.25) is 0 Å². The zero-order valence-electron chi connectivity index (χ0n) is 2.96. The minimum absolute atomic E-state index is 0. The Morgan fingerprint density at radius 1 is 0.625 bits per heavy atom. The van der Waals surface area contributed by atoms with Gasteiger partial charge in [0.1, 0.15) is 0 Å². The minimum Gasteiger partial charge on any atom is 2.00 e. The normalized spacial score (nSPS) is 20.2. The molecule has 0 atom stereocenters. The van der Waals surface area contributed by atoms with Crippen LogP contribution in [0, 0.1) is 0 Å². The second-order valence-corrected chi connectivity index (χ2v) is 250. The van der Waals surface area contributed by atoms with Crippen LogP contribution in [-0.4, -0.2) is 0 Å². The van der Waals surface area contributed by atoms with Crippen molar-refractivity contribution >= 4 is 116 Å². The molecule has 59 valence electrons. The standard InChI is InChI=1S/6HI.Mn.Pt/h6*1H;;/q;;;;;;+2;+4/p-6. The van der Waals surface area contributed by atoms with E-state index in [-0.39, 0.29) is 17.1 Å². The first-order valence-corrected chi connectivity index (χ1v) is 39.4. The molecule has 0 saturated heterocycles. The van der Waals surface area contributed by atoms with Crippen LogP contribution >= 0.6 is 116 Å². The van der Waals surface area contributed by atoms with E-state index in [1.807, 2.05) is 0 Å². The maximum atomic E-state index is 2.56. The molecule has 0 aliphatic heterocycles. The number of hydrogen-bond donors (Lipinski definition) is 0. The maximum absolute atomic E-state index is 2.56. The fourth-order valence-corrected chi connectivity index (χ4v) is 0. The zero-order chi connectivity index (χ0) is 6.41. The number of hydrogen-bond acceptors (Lipinski definition) is 0. The van der Waals surface area contributed by atoms with Crippen LogP contribution in [0.15, 0.2) is 0 Å².